The third-order valence-electron chi connectivity index (χ3n) is 5.81. The number of carbonyl (C=O) groups is 3. The van der Waals surface area contributed by atoms with E-state index >= 15 is 0 Å². The Bertz CT molecular complexity index is 1320. The van der Waals surface area contributed by atoms with Gasteiger partial charge in [-0.1, -0.05) is 41.2 Å². The van der Waals surface area contributed by atoms with Crippen LogP contribution in [0.3, 0.4) is 0 Å². The van der Waals surface area contributed by atoms with Crippen molar-refractivity contribution in [3.63, 3.8) is 0 Å². The zero-order valence-electron chi connectivity index (χ0n) is 24.0. The summed E-state index contributed by atoms with van der Waals surface area (Å²) in [6, 6.07) is 7.71. The van der Waals surface area contributed by atoms with Crippen LogP contribution in [0.4, 0.5) is 14.7 Å². The molecule has 3 amide bonds. The summed E-state index contributed by atoms with van der Waals surface area (Å²) in [6.07, 6.45) is 1.07. The molecule has 1 saturated heterocycles. The van der Waals surface area contributed by atoms with Gasteiger partial charge < -0.3 is 14.8 Å². The summed E-state index contributed by atoms with van der Waals surface area (Å²) in [6.45, 7) is 15.9. The number of thiophene rings is 1. The van der Waals surface area contributed by atoms with Crippen LogP contribution >= 0.6 is 11.3 Å². The van der Waals surface area contributed by atoms with Crippen molar-refractivity contribution < 1.29 is 23.2 Å². The van der Waals surface area contributed by atoms with Crippen molar-refractivity contribution in [3.05, 3.63) is 58.3 Å². The number of hydrogen-bond acceptors (Lipinski definition) is 5. The summed E-state index contributed by atoms with van der Waals surface area (Å²) < 4.78 is 27.1. The van der Waals surface area contributed by atoms with Crippen molar-refractivity contribution in [1.29, 1.82) is 0 Å². The molecule has 0 atom stereocenters. The molecule has 1 aliphatic heterocycles. The van der Waals surface area contributed by atoms with E-state index in [0.717, 1.165) is 42.8 Å². The van der Waals surface area contributed by atoms with E-state index in [0.29, 0.717) is 17.6 Å². The molecule has 218 valence electrons. The molecule has 0 radical (unpaired) electrons. The van der Waals surface area contributed by atoms with Gasteiger partial charge in [-0.15, -0.1) is 11.3 Å². The molecule has 2 aromatic heterocycles. The fourth-order valence-corrected chi connectivity index (χ4v) is 4.48. The van der Waals surface area contributed by atoms with E-state index in [2.05, 4.69) is 22.2 Å². The molecule has 0 spiro atoms. The van der Waals surface area contributed by atoms with Gasteiger partial charge in [0, 0.05) is 32.2 Å². The van der Waals surface area contributed by atoms with Crippen LogP contribution in [0.25, 0.3) is 11.0 Å². The number of hydrogen-bond donors (Lipinski definition) is 2. The van der Waals surface area contributed by atoms with Crippen molar-refractivity contribution in [2.24, 2.45) is 12.5 Å². The van der Waals surface area contributed by atoms with Gasteiger partial charge in [-0.2, -0.15) is 0 Å². The molecule has 0 bridgehead atoms. The predicted molar refractivity (Wildman–Crippen MR) is 157 cm³/mol. The maximum atomic E-state index is 12.7. The van der Waals surface area contributed by atoms with Gasteiger partial charge in [0.15, 0.2) is 0 Å². The van der Waals surface area contributed by atoms with Crippen LogP contribution in [0.2, 0.25) is 0 Å². The molecule has 2 N–H and O–H groups in total. The number of nitrogens with zero attached hydrogens (tertiary/aromatic N) is 3. The molecule has 0 aliphatic carbocycles. The molecule has 1 aliphatic rings. The van der Waals surface area contributed by atoms with Crippen LogP contribution in [-0.4, -0.2) is 51.8 Å². The molecule has 0 saturated carbocycles. The number of amides is 3. The Morgan fingerprint density at radius 1 is 1.10 bits per heavy atom. The molecule has 3 heterocycles. The zero-order chi connectivity index (χ0) is 30.0. The summed E-state index contributed by atoms with van der Waals surface area (Å²) >= 11 is 0.743. The SMILES string of the molecule is C=CC(=O)N1CCCC1.CC.Cn1c(NC(=O)c2ccc(C(F)F)s2)nc2cc(C(=O)NCC(C)(C)C)ccc21. The number of alkyl halides is 2. The Kier molecular flexibility index (Phi) is 12.0. The molecular formula is C29H39F2N5O3S. The summed E-state index contributed by atoms with van der Waals surface area (Å²) in [4.78, 5) is 41.8. The van der Waals surface area contributed by atoms with Crippen molar-refractivity contribution in [2.75, 3.05) is 25.0 Å². The lowest BCUT2D eigenvalue weighted by Gasteiger charge is -2.18. The predicted octanol–water partition coefficient (Wildman–Crippen LogP) is 6.42. The zero-order valence-corrected chi connectivity index (χ0v) is 24.8. The minimum absolute atomic E-state index is 0.0335. The maximum absolute atomic E-state index is 12.7. The Balaban J connectivity index is 0.000000428. The van der Waals surface area contributed by atoms with Gasteiger partial charge >= 0.3 is 0 Å². The molecule has 1 aromatic carbocycles. The molecule has 11 heteroatoms. The topological polar surface area (TPSA) is 96.3 Å². The second-order valence-corrected chi connectivity index (χ2v) is 11.2. The van der Waals surface area contributed by atoms with Crippen molar-refractivity contribution in [3.8, 4) is 0 Å². The summed E-state index contributed by atoms with van der Waals surface area (Å²) in [5.74, 6) is -0.364. The fraction of sp³-hybridized carbons (Fsp3) is 0.448. The molecule has 40 heavy (non-hydrogen) atoms. The highest BCUT2D eigenvalue weighted by atomic mass is 32.1. The first-order valence-electron chi connectivity index (χ1n) is 13.2. The maximum Gasteiger partial charge on any atom is 0.272 e. The van der Waals surface area contributed by atoms with Gasteiger partial charge in [0.25, 0.3) is 18.2 Å². The average Bonchev–Trinajstić information content (AvgIpc) is 3.69. The number of aromatic nitrogens is 2. The van der Waals surface area contributed by atoms with Gasteiger partial charge in [-0.3, -0.25) is 19.7 Å². The largest absolute Gasteiger partial charge is 0.352 e. The second-order valence-electron chi connectivity index (χ2n) is 10.1. The van der Waals surface area contributed by atoms with Crippen molar-refractivity contribution in [2.45, 2.75) is 53.9 Å². The van der Waals surface area contributed by atoms with Gasteiger partial charge in [-0.05, 0) is 54.7 Å². The first-order chi connectivity index (χ1) is 18.9. The lowest BCUT2D eigenvalue weighted by Crippen LogP contribution is -2.32. The number of halogens is 2. The van der Waals surface area contributed by atoms with Gasteiger partial charge in [-0.25, -0.2) is 13.8 Å². The number of rotatable bonds is 6. The first kappa shape index (κ1) is 32.6. The van der Waals surface area contributed by atoms with E-state index in [9.17, 15) is 23.2 Å². The third-order valence-corrected chi connectivity index (χ3v) is 6.90. The number of benzene rings is 1. The number of carbonyl (C=O) groups excluding carboxylic acids is 3. The van der Waals surface area contributed by atoms with Gasteiger partial charge in [0.1, 0.15) is 0 Å². The fourth-order valence-electron chi connectivity index (χ4n) is 3.72. The molecule has 0 unspecified atom stereocenters. The van der Waals surface area contributed by atoms with Gasteiger partial charge in [0.05, 0.1) is 20.8 Å². The standard InChI is InChI=1S/C20H22F2N4O2S.C7H11NO.C2H6/c1-20(2,3)10-23-17(27)11-5-6-13-12(9-11)24-19(26(13)4)25-18(28)15-8-7-14(29-15)16(21)22;1-2-7(9)8-5-3-4-6-8;1-2/h5-9,16H,10H2,1-4H3,(H,23,27)(H,24,25,28);2H,1,3-6H2;1-2H3. The van der Waals surface area contributed by atoms with Gasteiger partial charge in [0.2, 0.25) is 11.9 Å². The van der Waals surface area contributed by atoms with Crippen LogP contribution in [0.1, 0.15) is 78.8 Å². The number of anilines is 1. The number of likely N-dealkylation sites (tertiary alicyclic amines) is 1. The van der Waals surface area contributed by atoms with E-state index in [-0.39, 0.29) is 32.9 Å². The highest BCUT2D eigenvalue weighted by molar-refractivity contribution is 7.14. The lowest BCUT2D eigenvalue weighted by molar-refractivity contribution is -0.124. The summed E-state index contributed by atoms with van der Waals surface area (Å²) in [5, 5.41) is 5.53. The van der Waals surface area contributed by atoms with Crippen molar-refractivity contribution in [1.82, 2.24) is 19.8 Å². The van der Waals surface area contributed by atoms with Crippen LogP contribution < -0.4 is 10.6 Å². The minimum Gasteiger partial charge on any atom is -0.352 e. The van der Waals surface area contributed by atoms with E-state index in [4.69, 9.17) is 0 Å². The van der Waals surface area contributed by atoms with Crippen LogP contribution in [-0.2, 0) is 11.8 Å². The van der Waals surface area contributed by atoms with Crippen LogP contribution in [0.5, 0.6) is 0 Å². The minimum atomic E-state index is -2.61. The molecule has 8 nitrogen and oxygen atoms in total. The first-order valence-corrected chi connectivity index (χ1v) is 14.1. The lowest BCUT2D eigenvalue weighted by atomic mass is 9.97. The van der Waals surface area contributed by atoms with E-state index in [1.807, 2.05) is 39.5 Å². The Labute approximate surface area is 238 Å². The number of imidazole rings is 1. The monoisotopic (exact) mass is 575 g/mol. The Hall–Kier alpha value is -3.60. The number of fused-ring (bicyclic) bond motifs is 1. The average molecular weight is 576 g/mol. The summed E-state index contributed by atoms with van der Waals surface area (Å²) in [7, 11) is 1.73. The Morgan fingerprint density at radius 2 is 1.75 bits per heavy atom. The van der Waals surface area contributed by atoms with E-state index < -0.39 is 12.3 Å². The normalized spacial score (nSPS) is 12.8. The van der Waals surface area contributed by atoms with E-state index in [1.165, 1.54) is 18.2 Å². The molecule has 4 rings (SSSR count). The van der Waals surface area contributed by atoms with Crippen LogP contribution in [0.15, 0.2) is 43.0 Å². The van der Waals surface area contributed by atoms with Crippen LogP contribution in [0, 0.1) is 5.41 Å². The van der Waals surface area contributed by atoms with E-state index in [1.54, 1.807) is 29.8 Å². The third kappa shape index (κ3) is 8.97. The number of aryl methyl sites for hydroxylation is 1. The Morgan fingerprint density at radius 3 is 2.30 bits per heavy atom. The van der Waals surface area contributed by atoms with Crippen molar-refractivity contribution >= 4 is 46.0 Å². The highest BCUT2D eigenvalue weighted by Gasteiger charge is 2.19. The quantitative estimate of drug-likeness (QED) is 0.332. The molecule has 1 fully saturated rings. The smallest absolute Gasteiger partial charge is 0.272 e. The second kappa shape index (κ2) is 14.7. The summed E-state index contributed by atoms with van der Waals surface area (Å²) in [5.41, 5.74) is 1.71. The number of nitrogens with one attached hydrogen (secondary N) is 2. The molecule has 3 aromatic rings. The highest BCUT2D eigenvalue weighted by Crippen LogP contribution is 2.28. The molecular weight excluding hydrogens is 536 g/mol.